The van der Waals surface area contributed by atoms with Crippen LogP contribution in [-0.2, 0) is 6.42 Å². The molecule has 0 N–H and O–H groups in total. The highest BCUT2D eigenvalue weighted by atomic mass is 32.1. The molecule has 0 radical (unpaired) electrons. The monoisotopic (exact) mass is 270 g/mol. The number of benzene rings is 2. The second-order valence-corrected chi connectivity index (χ2v) is 5.28. The summed E-state index contributed by atoms with van der Waals surface area (Å²) < 4.78 is 14.3. The van der Waals surface area contributed by atoms with Crippen LogP contribution in [-0.4, -0.2) is 5.78 Å². The zero-order valence-electron chi connectivity index (χ0n) is 10.1. The second-order valence-electron chi connectivity index (χ2n) is 4.37. The van der Waals surface area contributed by atoms with Gasteiger partial charge in [-0.3, -0.25) is 4.79 Å². The molecule has 19 heavy (non-hydrogen) atoms. The van der Waals surface area contributed by atoms with Gasteiger partial charge in [-0.25, -0.2) is 4.39 Å². The van der Waals surface area contributed by atoms with Crippen LogP contribution in [0.5, 0.6) is 0 Å². The van der Waals surface area contributed by atoms with E-state index < -0.39 is 0 Å². The molecule has 1 nitrogen and oxygen atoms in total. The molecule has 3 heteroatoms. The fourth-order valence-electron chi connectivity index (χ4n) is 2.11. The number of carbonyl (C=O) groups is 1. The van der Waals surface area contributed by atoms with Gasteiger partial charge in [0.2, 0.25) is 0 Å². The van der Waals surface area contributed by atoms with E-state index in [1.807, 2.05) is 29.6 Å². The predicted molar refractivity (Wildman–Crippen MR) is 76.3 cm³/mol. The van der Waals surface area contributed by atoms with Crippen LogP contribution in [0.25, 0.3) is 10.1 Å². The maximum Gasteiger partial charge on any atom is 0.167 e. The van der Waals surface area contributed by atoms with Gasteiger partial charge in [0.1, 0.15) is 5.82 Å². The highest BCUT2D eigenvalue weighted by Gasteiger charge is 2.11. The summed E-state index contributed by atoms with van der Waals surface area (Å²) in [7, 11) is 0. The van der Waals surface area contributed by atoms with Crippen LogP contribution in [0.1, 0.15) is 15.9 Å². The van der Waals surface area contributed by atoms with E-state index in [1.54, 1.807) is 23.5 Å². The number of thiophene rings is 1. The first-order chi connectivity index (χ1) is 9.24. The molecule has 1 heterocycles. The average Bonchev–Trinajstić information content (AvgIpc) is 2.82. The molecule has 0 aliphatic rings. The molecule has 2 aromatic carbocycles. The predicted octanol–water partition coefficient (Wildman–Crippen LogP) is 4.47. The minimum absolute atomic E-state index is 0.0527. The highest BCUT2D eigenvalue weighted by Crippen LogP contribution is 2.26. The number of hydrogen-bond acceptors (Lipinski definition) is 2. The van der Waals surface area contributed by atoms with Gasteiger partial charge in [-0.2, -0.15) is 0 Å². The van der Waals surface area contributed by atoms with Crippen LogP contribution in [0.4, 0.5) is 4.39 Å². The molecule has 1 aromatic heterocycles. The Morgan fingerprint density at radius 1 is 1.11 bits per heavy atom. The van der Waals surface area contributed by atoms with Crippen LogP contribution in [0.3, 0.4) is 0 Å². The molecule has 0 spiro atoms. The van der Waals surface area contributed by atoms with Crippen molar-refractivity contribution in [2.45, 2.75) is 6.42 Å². The van der Waals surface area contributed by atoms with Crippen LogP contribution < -0.4 is 0 Å². The summed E-state index contributed by atoms with van der Waals surface area (Å²) in [5.41, 5.74) is 1.44. The number of ketones is 1. The van der Waals surface area contributed by atoms with E-state index >= 15 is 0 Å². The third-order valence-electron chi connectivity index (χ3n) is 3.06. The smallest absolute Gasteiger partial charge is 0.167 e. The Kier molecular flexibility index (Phi) is 3.13. The van der Waals surface area contributed by atoms with E-state index in [0.29, 0.717) is 12.0 Å². The van der Waals surface area contributed by atoms with Gasteiger partial charge >= 0.3 is 0 Å². The van der Waals surface area contributed by atoms with Crippen molar-refractivity contribution in [1.29, 1.82) is 0 Å². The summed E-state index contributed by atoms with van der Waals surface area (Å²) in [6, 6.07) is 13.8. The Balaban J connectivity index is 1.91. The van der Waals surface area contributed by atoms with Gasteiger partial charge in [0, 0.05) is 16.7 Å². The molecule has 0 unspecified atom stereocenters. The third kappa shape index (κ3) is 2.42. The number of carbonyl (C=O) groups excluding carboxylic acids is 1. The van der Waals surface area contributed by atoms with E-state index in [1.165, 1.54) is 16.8 Å². The maximum atomic E-state index is 13.1. The quantitative estimate of drug-likeness (QED) is 0.642. The van der Waals surface area contributed by atoms with Crippen LogP contribution in [0.15, 0.2) is 53.9 Å². The van der Waals surface area contributed by atoms with Crippen molar-refractivity contribution in [1.82, 2.24) is 0 Å². The number of hydrogen-bond donors (Lipinski definition) is 0. The van der Waals surface area contributed by atoms with E-state index in [4.69, 9.17) is 0 Å². The van der Waals surface area contributed by atoms with Crippen molar-refractivity contribution in [3.05, 3.63) is 70.9 Å². The lowest BCUT2D eigenvalue weighted by Gasteiger charge is -2.01. The van der Waals surface area contributed by atoms with Gasteiger partial charge in [0.15, 0.2) is 5.78 Å². The van der Waals surface area contributed by atoms with Gasteiger partial charge in [-0.05, 0) is 34.5 Å². The molecule has 0 bridgehead atoms. The fraction of sp³-hybridized carbons (Fsp3) is 0.0625. The Morgan fingerprint density at radius 3 is 2.79 bits per heavy atom. The van der Waals surface area contributed by atoms with Crippen LogP contribution >= 0.6 is 11.3 Å². The molecular weight excluding hydrogens is 259 g/mol. The zero-order chi connectivity index (χ0) is 13.2. The Bertz CT molecular complexity index is 745. The van der Waals surface area contributed by atoms with Crippen molar-refractivity contribution in [3.63, 3.8) is 0 Å². The molecule has 0 saturated carbocycles. The minimum atomic E-state index is -0.374. The summed E-state index contributed by atoms with van der Waals surface area (Å²) >= 11 is 1.63. The van der Waals surface area contributed by atoms with Gasteiger partial charge in [-0.15, -0.1) is 11.3 Å². The number of fused-ring (bicyclic) bond motifs is 1. The number of Topliss-reactive ketones (excluding diaryl/α,β-unsaturated/α-hetero) is 1. The molecule has 0 fully saturated rings. The fourth-order valence-corrected chi connectivity index (χ4v) is 3.07. The summed E-state index contributed by atoms with van der Waals surface area (Å²) in [4.78, 5) is 12.1. The van der Waals surface area contributed by atoms with E-state index in [2.05, 4.69) is 0 Å². The normalized spacial score (nSPS) is 10.8. The van der Waals surface area contributed by atoms with Crippen LogP contribution in [0.2, 0.25) is 0 Å². The van der Waals surface area contributed by atoms with Crippen molar-refractivity contribution in [2.24, 2.45) is 0 Å². The van der Waals surface area contributed by atoms with Crippen LogP contribution in [0, 0.1) is 5.82 Å². The third-order valence-corrected chi connectivity index (χ3v) is 4.07. The summed E-state index contributed by atoms with van der Waals surface area (Å²) in [5.74, 6) is -0.427. The topological polar surface area (TPSA) is 17.1 Å². The van der Waals surface area contributed by atoms with Crippen molar-refractivity contribution in [2.75, 3.05) is 0 Å². The standard InChI is InChI=1S/C16H11FOS/c17-13-5-3-4-11(8-13)15(18)9-12-10-19-16-7-2-1-6-14(12)16/h1-8,10H,9H2. The Hall–Kier alpha value is -2.00. The summed E-state index contributed by atoms with van der Waals surface area (Å²) in [5, 5.41) is 3.11. The first-order valence-electron chi connectivity index (χ1n) is 5.98. The molecule has 0 saturated heterocycles. The van der Waals surface area contributed by atoms with Crippen molar-refractivity contribution in [3.8, 4) is 0 Å². The first-order valence-corrected chi connectivity index (χ1v) is 6.86. The second kappa shape index (κ2) is 4.94. The molecule has 3 rings (SSSR count). The lowest BCUT2D eigenvalue weighted by molar-refractivity contribution is 0.0993. The lowest BCUT2D eigenvalue weighted by Crippen LogP contribution is -2.03. The summed E-state index contributed by atoms with van der Waals surface area (Å²) in [6.07, 6.45) is 0.313. The lowest BCUT2D eigenvalue weighted by atomic mass is 10.0. The highest BCUT2D eigenvalue weighted by molar-refractivity contribution is 7.17. The van der Waals surface area contributed by atoms with E-state index in [9.17, 15) is 9.18 Å². The zero-order valence-corrected chi connectivity index (χ0v) is 10.9. The average molecular weight is 270 g/mol. The van der Waals surface area contributed by atoms with Gasteiger partial charge in [0.25, 0.3) is 0 Å². The van der Waals surface area contributed by atoms with E-state index in [-0.39, 0.29) is 11.6 Å². The molecule has 3 aromatic rings. The molecule has 94 valence electrons. The molecular formula is C16H11FOS. The maximum absolute atomic E-state index is 13.1. The van der Waals surface area contributed by atoms with Gasteiger partial charge in [0.05, 0.1) is 0 Å². The van der Waals surface area contributed by atoms with Gasteiger partial charge in [-0.1, -0.05) is 30.3 Å². The Labute approximate surface area is 114 Å². The minimum Gasteiger partial charge on any atom is -0.294 e. The Morgan fingerprint density at radius 2 is 1.95 bits per heavy atom. The largest absolute Gasteiger partial charge is 0.294 e. The first kappa shape index (κ1) is 12.1. The SMILES string of the molecule is O=C(Cc1csc2ccccc12)c1cccc(F)c1. The molecule has 0 amide bonds. The van der Waals surface area contributed by atoms with Gasteiger partial charge < -0.3 is 0 Å². The van der Waals surface area contributed by atoms with E-state index in [0.717, 1.165) is 10.9 Å². The van der Waals surface area contributed by atoms with Crippen molar-refractivity contribution >= 4 is 27.2 Å². The number of rotatable bonds is 3. The number of halogens is 1. The van der Waals surface area contributed by atoms with Crippen molar-refractivity contribution < 1.29 is 9.18 Å². The summed E-state index contributed by atoms with van der Waals surface area (Å²) in [6.45, 7) is 0. The molecule has 0 aliphatic heterocycles. The molecule has 0 atom stereocenters. The molecule has 0 aliphatic carbocycles.